The van der Waals surface area contributed by atoms with Crippen LogP contribution in [0.15, 0.2) is 41.2 Å². The number of hydrogen-bond acceptors (Lipinski definition) is 3. The topological polar surface area (TPSA) is 56.4 Å². The first kappa shape index (κ1) is 17.7. The van der Waals surface area contributed by atoms with Gasteiger partial charge in [0.15, 0.2) is 0 Å². The van der Waals surface area contributed by atoms with Gasteiger partial charge in [-0.25, -0.2) is 0 Å². The van der Waals surface area contributed by atoms with Crippen LogP contribution in [0.4, 0.5) is 0 Å². The normalized spacial score (nSPS) is 31.1. The summed E-state index contributed by atoms with van der Waals surface area (Å²) in [6, 6.07) is 12.8. The number of benzene rings is 1. The lowest BCUT2D eigenvalue weighted by molar-refractivity contribution is -0.00346. The van der Waals surface area contributed by atoms with E-state index in [-0.39, 0.29) is 23.1 Å². The Morgan fingerprint density at radius 1 is 1.00 bits per heavy atom. The molecule has 1 N–H and O–H groups in total. The fourth-order valence-electron chi connectivity index (χ4n) is 5.66. The summed E-state index contributed by atoms with van der Waals surface area (Å²) in [5.41, 5.74) is 3.33. The maximum absolute atomic E-state index is 13.4. The first-order valence-corrected chi connectivity index (χ1v) is 10.3. The second-order valence-corrected chi connectivity index (χ2v) is 8.71. The van der Waals surface area contributed by atoms with Crippen LogP contribution < -0.4 is 5.56 Å². The van der Waals surface area contributed by atoms with Crippen LogP contribution in [0.3, 0.4) is 0 Å². The molecule has 3 atom stereocenters. The first-order valence-electron chi connectivity index (χ1n) is 10.3. The molecule has 0 spiro atoms. The van der Waals surface area contributed by atoms with Crippen LogP contribution in [0.5, 0.6) is 0 Å². The molecule has 4 fully saturated rings. The average Bonchev–Trinajstić information content (AvgIpc) is 3.12. The SMILES string of the molecule is Cc1ccc([C@@H]2CN(C(=O)c3ccc(C)[nH]c3=O)[C@@H]3C4CCN(CC4)[C@@H]32)cc1. The molecule has 1 aromatic heterocycles. The Kier molecular flexibility index (Phi) is 4.16. The van der Waals surface area contributed by atoms with Crippen LogP contribution in [0.25, 0.3) is 0 Å². The van der Waals surface area contributed by atoms with Gasteiger partial charge in [-0.15, -0.1) is 0 Å². The number of aromatic nitrogens is 1. The van der Waals surface area contributed by atoms with Crippen LogP contribution in [0, 0.1) is 19.8 Å². The van der Waals surface area contributed by atoms with Gasteiger partial charge in [0, 0.05) is 24.2 Å². The van der Waals surface area contributed by atoms with E-state index in [4.69, 9.17) is 0 Å². The van der Waals surface area contributed by atoms with Gasteiger partial charge in [0.05, 0.1) is 6.04 Å². The minimum absolute atomic E-state index is 0.111. The number of aryl methyl sites for hydroxylation is 2. The number of amides is 1. The Morgan fingerprint density at radius 3 is 2.39 bits per heavy atom. The molecule has 0 aliphatic carbocycles. The number of pyridine rings is 1. The average molecular weight is 377 g/mol. The summed E-state index contributed by atoms with van der Waals surface area (Å²) >= 11 is 0. The largest absolute Gasteiger partial charge is 0.333 e. The van der Waals surface area contributed by atoms with Gasteiger partial charge in [-0.2, -0.15) is 0 Å². The van der Waals surface area contributed by atoms with Crippen molar-refractivity contribution in [3.05, 3.63) is 69.1 Å². The van der Waals surface area contributed by atoms with Crippen molar-refractivity contribution in [2.75, 3.05) is 19.6 Å². The predicted molar refractivity (Wildman–Crippen MR) is 109 cm³/mol. The van der Waals surface area contributed by atoms with Gasteiger partial charge in [-0.1, -0.05) is 29.8 Å². The number of rotatable bonds is 2. The number of hydrogen-bond donors (Lipinski definition) is 1. The molecule has 5 nitrogen and oxygen atoms in total. The smallest absolute Gasteiger partial charge is 0.260 e. The van der Waals surface area contributed by atoms with E-state index < -0.39 is 0 Å². The monoisotopic (exact) mass is 377 g/mol. The number of nitrogens with one attached hydrogen (secondary N) is 1. The Morgan fingerprint density at radius 2 is 1.71 bits per heavy atom. The highest BCUT2D eigenvalue weighted by molar-refractivity contribution is 5.94. The minimum atomic E-state index is -0.276. The summed E-state index contributed by atoms with van der Waals surface area (Å²) in [4.78, 5) is 33.3. The molecule has 2 aromatic rings. The number of carbonyl (C=O) groups excluding carboxylic acids is 1. The highest BCUT2D eigenvalue weighted by Gasteiger charge is 2.54. The summed E-state index contributed by atoms with van der Waals surface area (Å²) < 4.78 is 0. The molecule has 5 heteroatoms. The number of likely N-dealkylation sites (tertiary alicyclic amines) is 1. The van der Waals surface area contributed by atoms with Crippen molar-refractivity contribution in [2.45, 2.75) is 44.7 Å². The zero-order valence-corrected chi connectivity index (χ0v) is 16.5. The summed E-state index contributed by atoms with van der Waals surface area (Å²) in [7, 11) is 0. The standard InChI is InChI=1S/C23H27N3O2/c1-14-3-6-16(7-4-14)19-13-26(20-17-9-11-25(12-10-17)21(19)20)23(28)18-8-5-15(2)24-22(18)27/h3-8,17,19-21H,9-13H2,1-2H3,(H,24,27)/t19-,20+,21+/m0/s1. The van der Waals surface area contributed by atoms with E-state index in [0.717, 1.165) is 31.6 Å². The van der Waals surface area contributed by atoms with Crippen molar-refractivity contribution in [3.63, 3.8) is 0 Å². The Hall–Kier alpha value is -2.40. The number of fused-ring (bicyclic) bond motifs is 2. The second kappa shape index (κ2) is 6.59. The fraction of sp³-hybridized carbons (Fsp3) is 0.478. The lowest BCUT2D eigenvalue weighted by atomic mass is 9.75. The Bertz CT molecular complexity index is 957. The van der Waals surface area contributed by atoms with Gasteiger partial charge >= 0.3 is 0 Å². The molecule has 0 saturated carbocycles. The van der Waals surface area contributed by atoms with Crippen molar-refractivity contribution >= 4 is 5.91 Å². The molecule has 146 valence electrons. The lowest BCUT2D eigenvalue weighted by Crippen LogP contribution is -2.61. The van der Waals surface area contributed by atoms with E-state index in [2.05, 4.69) is 41.1 Å². The molecule has 1 amide bonds. The molecule has 0 radical (unpaired) electrons. The van der Waals surface area contributed by atoms with Crippen LogP contribution in [0.1, 0.15) is 45.9 Å². The van der Waals surface area contributed by atoms with Crippen molar-refractivity contribution in [3.8, 4) is 0 Å². The number of piperidine rings is 3. The first-order chi connectivity index (χ1) is 13.5. The number of carbonyl (C=O) groups is 1. The summed E-state index contributed by atoms with van der Waals surface area (Å²) in [5, 5.41) is 0. The zero-order chi connectivity index (χ0) is 19.4. The minimum Gasteiger partial charge on any atom is -0.333 e. The summed E-state index contributed by atoms with van der Waals surface area (Å²) in [6.07, 6.45) is 2.30. The third kappa shape index (κ3) is 2.72. The van der Waals surface area contributed by atoms with Crippen molar-refractivity contribution in [2.24, 2.45) is 5.92 Å². The van der Waals surface area contributed by atoms with Gasteiger partial charge in [-0.3, -0.25) is 14.5 Å². The van der Waals surface area contributed by atoms with E-state index in [1.807, 2.05) is 17.9 Å². The number of H-pyrrole nitrogens is 1. The lowest BCUT2D eigenvalue weighted by Gasteiger charge is -2.51. The van der Waals surface area contributed by atoms with Gasteiger partial charge < -0.3 is 9.88 Å². The molecule has 6 rings (SSSR count). The van der Waals surface area contributed by atoms with Crippen LogP contribution in [-0.2, 0) is 0 Å². The highest BCUT2D eigenvalue weighted by atomic mass is 16.2. The molecule has 28 heavy (non-hydrogen) atoms. The molecule has 1 aromatic carbocycles. The quantitative estimate of drug-likeness (QED) is 0.876. The van der Waals surface area contributed by atoms with Crippen molar-refractivity contribution in [1.29, 1.82) is 0 Å². The van der Waals surface area contributed by atoms with Gasteiger partial charge in [-0.05, 0) is 63.4 Å². The maximum Gasteiger partial charge on any atom is 0.260 e. The van der Waals surface area contributed by atoms with E-state index in [9.17, 15) is 9.59 Å². The molecule has 4 aliphatic rings. The Balaban J connectivity index is 1.54. The molecule has 4 saturated heterocycles. The fourth-order valence-corrected chi connectivity index (χ4v) is 5.66. The van der Waals surface area contributed by atoms with E-state index >= 15 is 0 Å². The second-order valence-electron chi connectivity index (χ2n) is 8.71. The van der Waals surface area contributed by atoms with Gasteiger partial charge in [0.2, 0.25) is 0 Å². The predicted octanol–water partition coefficient (Wildman–Crippen LogP) is 2.69. The third-order valence-corrected chi connectivity index (χ3v) is 7.05. The summed E-state index contributed by atoms with van der Waals surface area (Å²) in [6.45, 7) is 6.88. The Labute approximate surface area is 165 Å². The van der Waals surface area contributed by atoms with Crippen LogP contribution in [-0.4, -0.2) is 52.4 Å². The van der Waals surface area contributed by atoms with Crippen LogP contribution in [0.2, 0.25) is 0 Å². The van der Waals surface area contributed by atoms with E-state index in [1.54, 1.807) is 6.07 Å². The zero-order valence-electron chi connectivity index (χ0n) is 16.5. The maximum atomic E-state index is 13.4. The third-order valence-electron chi connectivity index (χ3n) is 7.05. The number of nitrogens with zero attached hydrogens (tertiary/aromatic N) is 2. The summed E-state index contributed by atoms with van der Waals surface area (Å²) in [5.74, 6) is 0.737. The van der Waals surface area contributed by atoms with Crippen molar-refractivity contribution < 1.29 is 4.79 Å². The molecular formula is C23H27N3O2. The van der Waals surface area contributed by atoms with E-state index in [1.165, 1.54) is 11.1 Å². The van der Waals surface area contributed by atoms with Gasteiger partial charge in [0.1, 0.15) is 5.56 Å². The van der Waals surface area contributed by atoms with E-state index in [0.29, 0.717) is 24.4 Å². The molecule has 2 bridgehead atoms. The van der Waals surface area contributed by atoms with Crippen LogP contribution >= 0.6 is 0 Å². The highest BCUT2D eigenvalue weighted by Crippen LogP contribution is 2.46. The molecular weight excluding hydrogens is 350 g/mol. The number of aromatic amines is 1. The molecule has 5 heterocycles. The van der Waals surface area contributed by atoms with Crippen molar-refractivity contribution in [1.82, 2.24) is 14.8 Å². The molecule has 4 aliphatic heterocycles. The molecule has 0 unspecified atom stereocenters. The van der Waals surface area contributed by atoms with Gasteiger partial charge in [0.25, 0.3) is 11.5 Å².